The number of halogens is 1. The Labute approximate surface area is 162 Å². The van der Waals surface area contributed by atoms with Crippen molar-refractivity contribution in [2.45, 2.75) is 26.4 Å². The number of benzene rings is 2. The maximum Gasteiger partial charge on any atom is 0.324 e. The fourth-order valence-electron chi connectivity index (χ4n) is 3.14. The Hall–Kier alpha value is -3.22. The van der Waals surface area contributed by atoms with Gasteiger partial charge in [-0.2, -0.15) is 0 Å². The molecule has 3 rings (SSSR count). The van der Waals surface area contributed by atoms with E-state index in [1.165, 1.54) is 12.1 Å². The van der Waals surface area contributed by atoms with Crippen molar-refractivity contribution in [2.24, 2.45) is 5.92 Å². The average molecular weight is 383 g/mol. The van der Waals surface area contributed by atoms with Crippen LogP contribution in [-0.4, -0.2) is 29.3 Å². The first-order chi connectivity index (χ1) is 13.3. The summed E-state index contributed by atoms with van der Waals surface area (Å²) in [7, 11) is 0. The van der Waals surface area contributed by atoms with Crippen molar-refractivity contribution in [1.82, 2.24) is 15.5 Å². The Bertz CT molecular complexity index is 880. The molecule has 1 aliphatic heterocycles. The summed E-state index contributed by atoms with van der Waals surface area (Å²) in [5, 5.41) is 5.45. The molecule has 1 heterocycles. The first-order valence-corrected chi connectivity index (χ1v) is 9.08. The van der Waals surface area contributed by atoms with E-state index in [0.29, 0.717) is 11.1 Å². The van der Waals surface area contributed by atoms with Gasteiger partial charge in [-0.05, 0) is 41.3 Å². The molecule has 1 saturated heterocycles. The van der Waals surface area contributed by atoms with E-state index in [9.17, 15) is 18.8 Å². The van der Waals surface area contributed by atoms with Crippen LogP contribution < -0.4 is 10.6 Å². The molecule has 2 aromatic rings. The zero-order valence-electron chi connectivity index (χ0n) is 15.7. The van der Waals surface area contributed by atoms with Gasteiger partial charge < -0.3 is 10.6 Å². The maximum atomic E-state index is 13.2. The van der Waals surface area contributed by atoms with Gasteiger partial charge in [-0.15, -0.1) is 0 Å². The average Bonchev–Trinajstić information content (AvgIpc) is 2.99. The fourth-order valence-corrected chi connectivity index (χ4v) is 3.14. The molecule has 0 aliphatic carbocycles. The zero-order valence-corrected chi connectivity index (χ0v) is 15.7. The van der Waals surface area contributed by atoms with Gasteiger partial charge in [-0.3, -0.25) is 14.5 Å². The van der Waals surface area contributed by atoms with Gasteiger partial charge >= 0.3 is 6.03 Å². The Kier molecular flexibility index (Phi) is 5.73. The molecule has 2 N–H and O–H groups in total. The number of carbonyl (C=O) groups is 3. The minimum absolute atomic E-state index is 0.00719. The van der Waals surface area contributed by atoms with Crippen molar-refractivity contribution in [2.75, 3.05) is 6.54 Å². The lowest BCUT2D eigenvalue weighted by molar-refractivity contribution is -0.125. The van der Waals surface area contributed by atoms with Crippen LogP contribution in [0.25, 0.3) is 0 Å². The van der Waals surface area contributed by atoms with Crippen LogP contribution in [-0.2, 0) is 11.3 Å². The highest BCUT2D eigenvalue weighted by atomic mass is 19.1. The fraction of sp³-hybridized carbons (Fsp3) is 0.286. The lowest BCUT2D eigenvalue weighted by Crippen LogP contribution is -2.32. The van der Waals surface area contributed by atoms with Gasteiger partial charge in [-0.1, -0.05) is 38.1 Å². The highest BCUT2D eigenvalue weighted by Gasteiger charge is 2.28. The summed E-state index contributed by atoms with van der Waals surface area (Å²) >= 11 is 0. The molecular weight excluding hydrogens is 361 g/mol. The van der Waals surface area contributed by atoms with Crippen molar-refractivity contribution in [3.63, 3.8) is 0 Å². The van der Waals surface area contributed by atoms with Gasteiger partial charge in [0.15, 0.2) is 0 Å². The van der Waals surface area contributed by atoms with Gasteiger partial charge in [0, 0.05) is 5.56 Å². The van der Waals surface area contributed by atoms with Gasteiger partial charge in [0.1, 0.15) is 5.82 Å². The number of imide groups is 1. The molecule has 1 fully saturated rings. The summed E-state index contributed by atoms with van der Waals surface area (Å²) in [6, 6.07) is 12.2. The van der Waals surface area contributed by atoms with Crippen molar-refractivity contribution >= 4 is 17.8 Å². The maximum absolute atomic E-state index is 13.2. The first-order valence-electron chi connectivity index (χ1n) is 9.08. The molecule has 0 unspecified atom stereocenters. The van der Waals surface area contributed by atoms with Crippen LogP contribution in [0.5, 0.6) is 0 Å². The minimum Gasteiger partial charge on any atom is -0.345 e. The van der Waals surface area contributed by atoms with Crippen molar-refractivity contribution < 1.29 is 18.8 Å². The predicted molar refractivity (Wildman–Crippen MR) is 102 cm³/mol. The van der Waals surface area contributed by atoms with Crippen LogP contribution in [0.3, 0.4) is 0 Å². The Balaban J connectivity index is 1.75. The number of carbonyl (C=O) groups excluding carboxylic acids is 3. The SMILES string of the molecule is CC(C)[C@H](NC(=O)c1cccc(CN2C(=O)CNC2=O)c1)c1ccc(F)cc1. The molecule has 2 aromatic carbocycles. The summed E-state index contributed by atoms with van der Waals surface area (Å²) < 4.78 is 13.2. The van der Waals surface area contributed by atoms with Crippen LogP contribution in [0.2, 0.25) is 0 Å². The molecule has 0 spiro atoms. The van der Waals surface area contributed by atoms with Gasteiger partial charge in [0.2, 0.25) is 5.91 Å². The standard InChI is InChI=1S/C21H22FN3O3/c1-13(2)19(15-6-8-17(22)9-7-15)24-20(27)16-5-3-4-14(10-16)12-25-18(26)11-23-21(25)28/h3-10,13,19H,11-12H2,1-2H3,(H,23,28)(H,24,27)/t19-/m0/s1. The number of hydrogen-bond acceptors (Lipinski definition) is 3. The molecular formula is C21H22FN3O3. The van der Waals surface area contributed by atoms with Crippen LogP contribution in [0.15, 0.2) is 48.5 Å². The first kappa shape index (κ1) is 19.5. The van der Waals surface area contributed by atoms with Crippen LogP contribution in [0.4, 0.5) is 9.18 Å². The third-order valence-electron chi connectivity index (χ3n) is 4.65. The summed E-state index contributed by atoms with van der Waals surface area (Å²) in [5.74, 6) is -0.799. The Morgan fingerprint density at radius 1 is 1.18 bits per heavy atom. The minimum atomic E-state index is -0.434. The lowest BCUT2D eigenvalue weighted by atomic mass is 9.95. The van der Waals surface area contributed by atoms with E-state index in [-0.39, 0.29) is 42.7 Å². The number of nitrogens with zero attached hydrogens (tertiary/aromatic N) is 1. The highest BCUT2D eigenvalue weighted by molar-refractivity contribution is 6.02. The van der Waals surface area contributed by atoms with Crippen molar-refractivity contribution in [1.29, 1.82) is 0 Å². The molecule has 1 aliphatic rings. The Morgan fingerprint density at radius 3 is 2.50 bits per heavy atom. The molecule has 4 amide bonds. The van der Waals surface area contributed by atoms with Gasteiger partial charge in [0.05, 0.1) is 19.1 Å². The molecule has 28 heavy (non-hydrogen) atoms. The van der Waals surface area contributed by atoms with Crippen molar-refractivity contribution in [3.05, 3.63) is 71.0 Å². The second kappa shape index (κ2) is 8.21. The molecule has 0 saturated carbocycles. The van der Waals surface area contributed by atoms with Gasteiger partial charge in [0.25, 0.3) is 5.91 Å². The van der Waals surface area contributed by atoms with Gasteiger partial charge in [-0.25, -0.2) is 9.18 Å². The number of amides is 4. The summed E-state index contributed by atoms with van der Waals surface area (Å²) in [4.78, 5) is 37.3. The second-order valence-electron chi connectivity index (χ2n) is 7.09. The molecule has 6 nitrogen and oxygen atoms in total. The predicted octanol–water partition coefficient (Wildman–Crippen LogP) is 3.00. The van der Waals surface area contributed by atoms with E-state index in [1.807, 2.05) is 13.8 Å². The monoisotopic (exact) mass is 383 g/mol. The van der Waals surface area contributed by atoms with Crippen LogP contribution in [0.1, 0.15) is 41.4 Å². The van der Waals surface area contributed by atoms with E-state index < -0.39 is 6.03 Å². The molecule has 1 atom stereocenters. The normalized spacial score (nSPS) is 14.9. The summed E-state index contributed by atoms with van der Waals surface area (Å²) in [5.41, 5.74) is 1.93. The van der Waals surface area contributed by atoms with E-state index in [1.54, 1.807) is 36.4 Å². The quantitative estimate of drug-likeness (QED) is 0.753. The Morgan fingerprint density at radius 2 is 1.89 bits per heavy atom. The number of rotatable bonds is 6. The molecule has 0 radical (unpaired) electrons. The number of hydrogen-bond donors (Lipinski definition) is 2. The van der Waals surface area contributed by atoms with E-state index in [4.69, 9.17) is 0 Å². The highest BCUT2D eigenvalue weighted by Crippen LogP contribution is 2.23. The van der Waals surface area contributed by atoms with Crippen LogP contribution >= 0.6 is 0 Å². The summed E-state index contributed by atoms with van der Waals surface area (Å²) in [6.07, 6.45) is 0. The molecule has 0 bridgehead atoms. The molecule has 0 aromatic heterocycles. The smallest absolute Gasteiger partial charge is 0.324 e. The second-order valence-corrected chi connectivity index (χ2v) is 7.09. The van der Waals surface area contributed by atoms with E-state index in [0.717, 1.165) is 10.5 Å². The third-order valence-corrected chi connectivity index (χ3v) is 4.65. The summed E-state index contributed by atoms with van der Waals surface area (Å²) in [6.45, 7) is 4.05. The zero-order chi connectivity index (χ0) is 20.3. The number of nitrogens with one attached hydrogen (secondary N) is 2. The molecule has 7 heteroatoms. The largest absolute Gasteiger partial charge is 0.345 e. The van der Waals surface area contributed by atoms with Crippen molar-refractivity contribution in [3.8, 4) is 0 Å². The topological polar surface area (TPSA) is 78.5 Å². The third kappa shape index (κ3) is 4.36. The van der Waals surface area contributed by atoms with Crippen LogP contribution in [0, 0.1) is 11.7 Å². The van der Waals surface area contributed by atoms with E-state index >= 15 is 0 Å². The molecule has 146 valence electrons. The lowest BCUT2D eigenvalue weighted by Gasteiger charge is -2.23. The van der Waals surface area contributed by atoms with E-state index in [2.05, 4.69) is 10.6 Å². The number of urea groups is 1.